The minimum Gasteiger partial charge on any atom is -0.458 e. The normalized spacial score (nSPS) is 9.60. The van der Waals surface area contributed by atoms with Crippen molar-refractivity contribution in [3.05, 3.63) is 60.7 Å². The summed E-state index contributed by atoms with van der Waals surface area (Å²) in [5, 5.41) is 0. The van der Waals surface area contributed by atoms with Crippen molar-refractivity contribution in [2.24, 2.45) is 0 Å². The van der Waals surface area contributed by atoms with Crippen molar-refractivity contribution >= 4 is 0 Å². The molecule has 74 valence electrons. The summed E-state index contributed by atoms with van der Waals surface area (Å²) in [6, 6.07) is 20.4. The molecule has 0 saturated heterocycles. The molecule has 0 amide bonds. The highest BCUT2D eigenvalue weighted by Gasteiger charge is 1.92. The molecule has 0 aromatic heterocycles. The van der Waals surface area contributed by atoms with Gasteiger partial charge in [0.25, 0.3) is 0 Å². The second-order valence-corrected chi connectivity index (χ2v) is 2.88. The average Bonchev–Trinajstić information content (AvgIpc) is 2.32. The van der Waals surface area contributed by atoms with Crippen molar-refractivity contribution in [3.63, 3.8) is 0 Å². The van der Waals surface area contributed by atoms with Crippen molar-refractivity contribution in [2.75, 3.05) is 6.79 Å². The highest BCUT2D eigenvalue weighted by Crippen LogP contribution is 2.10. The van der Waals surface area contributed by atoms with E-state index in [4.69, 9.17) is 9.47 Å². The molecule has 0 aliphatic rings. The molecule has 0 saturated carbocycles. The molecule has 2 radical (unpaired) electrons. The van der Waals surface area contributed by atoms with Crippen LogP contribution in [0.3, 0.4) is 0 Å². The summed E-state index contributed by atoms with van der Waals surface area (Å²) in [7, 11) is 0. The van der Waals surface area contributed by atoms with Gasteiger partial charge in [-0.3, -0.25) is 0 Å². The van der Waals surface area contributed by atoms with Crippen molar-refractivity contribution < 1.29 is 9.47 Å². The molecule has 0 unspecified atom stereocenters. The lowest BCUT2D eigenvalue weighted by atomic mass is 10.3. The molecule has 2 aromatic carbocycles. The molecule has 2 nitrogen and oxygen atoms in total. The zero-order valence-electron chi connectivity index (χ0n) is 8.14. The SMILES string of the molecule is [c]1ccc(OCOc2c[c]ccc2)cc1. The summed E-state index contributed by atoms with van der Waals surface area (Å²) in [5.41, 5.74) is 0. The smallest absolute Gasteiger partial charge is 0.230 e. The molecule has 2 heteroatoms. The van der Waals surface area contributed by atoms with Crippen LogP contribution in [0.25, 0.3) is 0 Å². The zero-order chi connectivity index (χ0) is 10.3. The molecule has 0 aliphatic heterocycles. The van der Waals surface area contributed by atoms with E-state index in [1.807, 2.05) is 30.3 Å². The van der Waals surface area contributed by atoms with E-state index in [9.17, 15) is 0 Å². The Hall–Kier alpha value is -1.96. The number of ether oxygens (including phenoxy) is 2. The molecular weight excluding hydrogens is 188 g/mol. The van der Waals surface area contributed by atoms with Crippen molar-refractivity contribution in [1.82, 2.24) is 0 Å². The third-order valence-electron chi connectivity index (χ3n) is 1.82. The molecule has 0 aliphatic carbocycles. The Morgan fingerprint density at radius 1 is 0.867 bits per heavy atom. The van der Waals surface area contributed by atoms with E-state index in [1.54, 1.807) is 18.2 Å². The quantitative estimate of drug-likeness (QED) is 0.703. The second kappa shape index (κ2) is 5.05. The predicted octanol–water partition coefficient (Wildman–Crippen LogP) is 2.70. The van der Waals surface area contributed by atoms with E-state index in [0.29, 0.717) is 0 Å². The van der Waals surface area contributed by atoms with Crippen LogP contribution in [0.15, 0.2) is 48.5 Å². The molecule has 0 spiro atoms. The molecule has 0 N–H and O–H groups in total. The van der Waals surface area contributed by atoms with Gasteiger partial charge >= 0.3 is 0 Å². The van der Waals surface area contributed by atoms with Gasteiger partial charge in [-0.25, -0.2) is 0 Å². The van der Waals surface area contributed by atoms with Crippen molar-refractivity contribution in [1.29, 1.82) is 0 Å². The molecule has 2 aromatic rings. The Balaban J connectivity index is 1.81. The Bertz CT molecular complexity index is 344. The zero-order valence-corrected chi connectivity index (χ0v) is 8.14. The average molecular weight is 198 g/mol. The molecule has 0 bridgehead atoms. The van der Waals surface area contributed by atoms with Gasteiger partial charge < -0.3 is 9.47 Å². The van der Waals surface area contributed by atoms with E-state index in [-0.39, 0.29) is 6.79 Å². The van der Waals surface area contributed by atoms with Crippen molar-refractivity contribution in [2.45, 2.75) is 0 Å². The van der Waals surface area contributed by atoms with Crippen LogP contribution in [0.2, 0.25) is 0 Å². The van der Waals surface area contributed by atoms with Crippen molar-refractivity contribution in [3.8, 4) is 11.5 Å². The first-order valence-corrected chi connectivity index (χ1v) is 4.63. The van der Waals surface area contributed by atoms with Gasteiger partial charge in [0.1, 0.15) is 11.5 Å². The lowest BCUT2D eigenvalue weighted by Gasteiger charge is -2.07. The Morgan fingerprint density at radius 3 is 2.40 bits per heavy atom. The van der Waals surface area contributed by atoms with Gasteiger partial charge in [-0.2, -0.15) is 0 Å². The lowest BCUT2D eigenvalue weighted by molar-refractivity contribution is 0.120. The Labute approximate surface area is 89.1 Å². The molecule has 0 fully saturated rings. The fourth-order valence-electron chi connectivity index (χ4n) is 1.10. The maximum absolute atomic E-state index is 5.35. The van der Waals surface area contributed by atoms with Gasteiger partial charge in [-0.15, -0.1) is 0 Å². The highest BCUT2D eigenvalue weighted by molar-refractivity contribution is 5.21. The molecule has 2 rings (SSSR count). The standard InChI is InChI=1S/C13H10O2/c1-3-7-12(8-4-1)14-11-15-13-9-5-2-6-10-13/h1,3,5-10H,11H2. The number of benzene rings is 2. The van der Waals surface area contributed by atoms with Gasteiger partial charge in [-0.1, -0.05) is 24.3 Å². The van der Waals surface area contributed by atoms with Crippen LogP contribution in [0.5, 0.6) is 11.5 Å². The van der Waals surface area contributed by atoms with Crippen LogP contribution in [-0.4, -0.2) is 6.79 Å². The minimum absolute atomic E-state index is 0.196. The summed E-state index contributed by atoms with van der Waals surface area (Å²) in [5.74, 6) is 1.52. The third-order valence-corrected chi connectivity index (χ3v) is 1.82. The number of hydrogen-bond donors (Lipinski definition) is 0. The predicted molar refractivity (Wildman–Crippen MR) is 56.7 cm³/mol. The van der Waals surface area contributed by atoms with Crippen LogP contribution < -0.4 is 9.47 Å². The summed E-state index contributed by atoms with van der Waals surface area (Å²) in [4.78, 5) is 0. The Kier molecular flexibility index (Phi) is 3.23. The first kappa shape index (κ1) is 9.59. The summed E-state index contributed by atoms with van der Waals surface area (Å²) < 4.78 is 10.7. The maximum atomic E-state index is 5.35. The fourth-order valence-corrected chi connectivity index (χ4v) is 1.10. The monoisotopic (exact) mass is 198 g/mol. The van der Waals surface area contributed by atoms with Crippen LogP contribution in [0, 0.1) is 12.1 Å². The summed E-state index contributed by atoms with van der Waals surface area (Å²) in [6.45, 7) is 0.196. The molecule has 0 heterocycles. The molecule has 0 atom stereocenters. The fraction of sp³-hybridized carbons (Fsp3) is 0.0769. The summed E-state index contributed by atoms with van der Waals surface area (Å²) >= 11 is 0. The van der Waals surface area contributed by atoms with E-state index in [2.05, 4.69) is 12.1 Å². The lowest BCUT2D eigenvalue weighted by Crippen LogP contribution is -2.05. The van der Waals surface area contributed by atoms with E-state index >= 15 is 0 Å². The van der Waals surface area contributed by atoms with E-state index in [0.717, 1.165) is 11.5 Å². The molecular formula is C13H10O2. The summed E-state index contributed by atoms with van der Waals surface area (Å²) in [6.07, 6.45) is 0. The minimum atomic E-state index is 0.196. The van der Waals surface area contributed by atoms with Gasteiger partial charge in [0.15, 0.2) is 0 Å². The number of rotatable bonds is 4. The number of hydrogen-bond acceptors (Lipinski definition) is 2. The van der Waals surface area contributed by atoms with Gasteiger partial charge in [0.05, 0.1) is 0 Å². The van der Waals surface area contributed by atoms with Crippen LogP contribution in [0.4, 0.5) is 0 Å². The van der Waals surface area contributed by atoms with Crippen LogP contribution in [-0.2, 0) is 0 Å². The largest absolute Gasteiger partial charge is 0.458 e. The third kappa shape index (κ3) is 3.02. The highest BCUT2D eigenvalue weighted by atomic mass is 16.7. The van der Waals surface area contributed by atoms with Gasteiger partial charge in [-0.05, 0) is 36.4 Å². The van der Waals surface area contributed by atoms with E-state index < -0.39 is 0 Å². The topological polar surface area (TPSA) is 18.5 Å². The second-order valence-electron chi connectivity index (χ2n) is 2.88. The van der Waals surface area contributed by atoms with Gasteiger partial charge in [0.2, 0.25) is 6.79 Å². The first-order valence-electron chi connectivity index (χ1n) is 4.63. The van der Waals surface area contributed by atoms with Crippen LogP contribution >= 0.6 is 0 Å². The van der Waals surface area contributed by atoms with E-state index in [1.165, 1.54) is 0 Å². The first-order chi connectivity index (χ1) is 7.45. The van der Waals surface area contributed by atoms with Gasteiger partial charge in [0, 0.05) is 0 Å². The molecule has 15 heavy (non-hydrogen) atoms. The Morgan fingerprint density at radius 2 is 1.67 bits per heavy atom. The van der Waals surface area contributed by atoms with Crippen LogP contribution in [0.1, 0.15) is 0 Å². The maximum Gasteiger partial charge on any atom is 0.230 e.